The lowest BCUT2D eigenvalue weighted by atomic mass is 9.98. The third kappa shape index (κ3) is 18.3. The van der Waals surface area contributed by atoms with Gasteiger partial charge in [0.1, 0.15) is 39.6 Å². The van der Waals surface area contributed by atoms with Crippen LogP contribution < -0.4 is 21.3 Å². The molecule has 1 aliphatic carbocycles. The highest BCUT2D eigenvalue weighted by atomic mass is 16.9. The Morgan fingerprint density at radius 3 is 1.41 bits per heavy atom. The van der Waals surface area contributed by atoms with Gasteiger partial charge in [0.15, 0.2) is 0 Å². The highest BCUT2D eigenvalue weighted by molar-refractivity contribution is 5.79. The predicted molar refractivity (Wildman–Crippen MR) is 202 cm³/mol. The van der Waals surface area contributed by atoms with Gasteiger partial charge in [0.25, 0.3) is 0 Å². The summed E-state index contributed by atoms with van der Waals surface area (Å²) < 4.78 is 45.8. The Kier molecular flexibility index (Phi) is 22.2. The molecule has 0 radical (unpaired) electrons. The second-order valence-electron chi connectivity index (χ2n) is 12.0. The second kappa shape index (κ2) is 27.4. The quantitative estimate of drug-likeness (QED) is 0.0285. The topological polar surface area (TPSA) is 260 Å². The fourth-order valence-corrected chi connectivity index (χ4v) is 5.18. The van der Waals surface area contributed by atoms with Crippen LogP contribution in [0.3, 0.4) is 0 Å². The molecule has 0 aromatic heterocycles. The molecule has 0 aliphatic heterocycles. The highest BCUT2D eigenvalue weighted by Gasteiger charge is 2.29. The number of hydrogen-bond acceptors (Lipinski definition) is 16. The number of hydrogen-bond donors (Lipinski definition) is 5. The van der Waals surface area contributed by atoms with E-state index in [1.165, 1.54) is 0 Å². The molecule has 1 unspecified atom stereocenters. The minimum absolute atomic E-state index is 0.00226. The van der Waals surface area contributed by atoms with Crippen LogP contribution in [0.15, 0.2) is 48.5 Å². The maximum atomic E-state index is 12.2. The number of nitrogens with zero attached hydrogens (tertiary/aromatic N) is 1. The Hall–Kier alpha value is -5.29. The smallest absolute Gasteiger partial charge is 0.550 e. The van der Waals surface area contributed by atoms with Gasteiger partial charge in [-0.25, -0.2) is 24.4 Å². The average Bonchev–Trinajstić information content (AvgIpc) is 3.53. The Bertz CT molecular complexity index is 1520. The average molecular weight is 824 g/mol. The molecule has 1 atom stereocenters. The molecule has 5 N–H and O–H groups in total. The first-order valence-electron chi connectivity index (χ1n) is 18.7. The summed E-state index contributed by atoms with van der Waals surface area (Å²) in [6, 6.07) is 16.2. The van der Waals surface area contributed by atoms with Gasteiger partial charge in [0.2, 0.25) is 0 Å². The highest BCUT2D eigenvalue weighted by Crippen LogP contribution is 2.44. The van der Waals surface area contributed by atoms with E-state index in [-0.39, 0.29) is 111 Å². The van der Waals surface area contributed by atoms with Crippen molar-refractivity contribution in [3.05, 3.63) is 64.9 Å². The molecule has 3 rings (SSSR count). The fraction of sp³-hybridized carbons (Fsp3) is 0.541. The molecule has 58 heavy (non-hydrogen) atoms. The molecule has 0 heterocycles. The first-order chi connectivity index (χ1) is 28.1. The number of fused-ring (bicyclic) bond motifs is 3. The van der Waals surface area contributed by atoms with Crippen molar-refractivity contribution in [1.82, 2.24) is 21.3 Å². The summed E-state index contributed by atoms with van der Waals surface area (Å²) in [7, 11) is 0. The van der Waals surface area contributed by atoms with Gasteiger partial charge in [-0.15, -0.1) is 4.81 Å². The van der Waals surface area contributed by atoms with Gasteiger partial charge >= 0.3 is 30.5 Å². The summed E-state index contributed by atoms with van der Waals surface area (Å²) in [5, 5.41) is 31.6. The van der Waals surface area contributed by atoms with Crippen LogP contribution in [-0.2, 0) is 42.6 Å². The fourth-order valence-electron chi connectivity index (χ4n) is 5.18. The maximum absolute atomic E-state index is 12.2. The van der Waals surface area contributed by atoms with Gasteiger partial charge in [0.05, 0.1) is 52.9 Å². The Labute approximate surface area is 335 Å². The Morgan fingerprint density at radius 2 is 0.948 bits per heavy atom. The largest absolute Gasteiger partial charge is 0.588 e. The summed E-state index contributed by atoms with van der Waals surface area (Å²) >= 11 is 0. The molecular formula is C37H53N5O16. The van der Waals surface area contributed by atoms with Crippen molar-refractivity contribution in [3.8, 4) is 11.1 Å². The van der Waals surface area contributed by atoms with E-state index in [4.69, 9.17) is 37.9 Å². The number of carbonyl (C=O) groups is 5. The van der Waals surface area contributed by atoms with Crippen molar-refractivity contribution in [2.45, 2.75) is 12.8 Å². The van der Waals surface area contributed by atoms with Crippen molar-refractivity contribution in [3.63, 3.8) is 0 Å². The molecule has 21 heteroatoms. The molecule has 0 bridgehead atoms. The van der Waals surface area contributed by atoms with Crippen molar-refractivity contribution in [2.24, 2.45) is 0 Å². The summed E-state index contributed by atoms with van der Waals surface area (Å²) in [5.74, 6) is -0.0290. The third-order valence-electron chi connectivity index (χ3n) is 7.87. The number of rotatable bonds is 27. The SMILES string of the molecule is CCNC(=O)OCCOCC[N+]([O-])(O)C(=O)OCCOCCNC(=O)OCCOCCNC(=O)OCCOCCNC(=O)OCC1c2ccccc2-c2ccccc21. The van der Waals surface area contributed by atoms with Crippen LogP contribution in [0.5, 0.6) is 0 Å². The van der Waals surface area contributed by atoms with Gasteiger partial charge in [-0.2, -0.15) is 4.79 Å². The molecular weight excluding hydrogens is 770 g/mol. The number of amides is 5. The van der Waals surface area contributed by atoms with Crippen LogP contribution in [0, 0.1) is 5.21 Å². The minimum Gasteiger partial charge on any atom is -0.588 e. The standard InChI is InChI=1S/C37H53N5O16/c1-2-38-33(43)54-25-21-53-18-14-42(48,49)37(47)57-26-22-52-16-12-40-35(45)55-23-19-50-15-11-39-34(44)56-24-20-51-17-13-41-36(46)58-27-32-30-9-5-3-7-28(30)29-8-4-6-10-31(29)32/h3-10,32,48H,2,11-27H2,1H3,(H,38,43)(H,39,44)(H,40,45)(H,41,46). The lowest BCUT2D eigenvalue weighted by molar-refractivity contribution is -1.00. The van der Waals surface area contributed by atoms with E-state index in [0.717, 1.165) is 22.3 Å². The van der Waals surface area contributed by atoms with Crippen molar-refractivity contribution < 1.29 is 76.6 Å². The van der Waals surface area contributed by atoms with Gasteiger partial charge in [-0.05, 0) is 29.2 Å². The Balaban J connectivity index is 1.05. The molecule has 5 amide bonds. The first kappa shape index (κ1) is 47.1. The van der Waals surface area contributed by atoms with Gasteiger partial charge in [-0.1, -0.05) is 48.5 Å². The number of nitrogens with one attached hydrogen (secondary N) is 4. The minimum atomic E-state index is -2.32. The van der Waals surface area contributed by atoms with Crippen LogP contribution in [0.2, 0.25) is 0 Å². The molecule has 21 nitrogen and oxygen atoms in total. The van der Waals surface area contributed by atoms with E-state index in [0.29, 0.717) is 6.54 Å². The number of benzene rings is 2. The Morgan fingerprint density at radius 1 is 0.552 bits per heavy atom. The van der Waals surface area contributed by atoms with E-state index in [9.17, 15) is 34.4 Å². The second-order valence-corrected chi connectivity index (χ2v) is 12.0. The predicted octanol–water partition coefficient (Wildman–Crippen LogP) is 2.63. The van der Waals surface area contributed by atoms with Crippen molar-refractivity contribution in [1.29, 1.82) is 0 Å². The van der Waals surface area contributed by atoms with Gasteiger partial charge < -0.3 is 69.1 Å². The molecule has 2 aromatic rings. The summed E-state index contributed by atoms with van der Waals surface area (Å²) in [4.78, 5) is 56.4. The monoisotopic (exact) mass is 823 g/mol. The lowest BCUT2D eigenvalue weighted by Gasteiger charge is -2.28. The van der Waals surface area contributed by atoms with Crippen LogP contribution in [0.1, 0.15) is 24.0 Å². The van der Waals surface area contributed by atoms with E-state index in [1.54, 1.807) is 6.92 Å². The molecule has 0 spiro atoms. The van der Waals surface area contributed by atoms with Crippen LogP contribution in [-0.4, -0.2) is 159 Å². The van der Waals surface area contributed by atoms with Crippen LogP contribution >= 0.6 is 0 Å². The third-order valence-corrected chi connectivity index (χ3v) is 7.87. The zero-order valence-electron chi connectivity index (χ0n) is 32.4. The molecule has 0 saturated carbocycles. The van der Waals surface area contributed by atoms with Crippen LogP contribution in [0.4, 0.5) is 24.0 Å². The summed E-state index contributed by atoms with van der Waals surface area (Å²) in [6.07, 6.45) is -4.00. The number of ether oxygens (including phenoxy) is 9. The molecule has 0 saturated heterocycles. The first-order valence-corrected chi connectivity index (χ1v) is 18.7. The maximum Gasteiger partial charge on any atom is 0.550 e. The number of carbonyl (C=O) groups excluding carboxylic acids is 5. The zero-order valence-corrected chi connectivity index (χ0v) is 32.4. The van der Waals surface area contributed by atoms with Gasteiger partial charge in [0, 0.05) is 32.1 Å². The van der Waals surface area contributed by atoms with E-state index < -0.39 is 41.8 Å². The van der Waals surface area contributed by atoms with Crippen LogP contribution in [0.25, 0.3) is 11.1 Å². The van der Waals surface area contributed by atoms with Crippen molar-refractivity contribution >= 4 is 30.5 Å². The number of hydroxylamine groups is 4. The van der Waals surface area contributed by atoms with E-state index >= 15 is 0 Å². The summed E-state index contributed by atoms with van der Waals surface area (Å²) in [5.41, 5.74) is 4.56. The molecule has 0 fully saturated rings. The number of quaternary nitrogens is 1. The zero-order chi connectivity index (χ0) is 41.9. The van der Waals surface area contributed by atoms with E-state index in [2.05, 4.69) is 50.3 Å². The number of alkyl carbamates (subject to hydrolysis) is 4. The van der Waals surface area contributed by atoms with Gasteiger partial charge in [-0.3, -0.25) is 0 Å². The normalized spacial score (nSPS) is 12.6. The summed E-state index contributed by atoms with van der Waals surface area (Å²) in [6.45, 7) is 1.87. The molecule has 1 aliphatic rings. The lowest BCUT2D eigenvalue weighted by Crippen LogP contribution is -2.47. The van der Waals surface area contributed by atoms with E-state index in [1.807, 2.05) is 24.3 Å². The molecule has 2 aromatic carbocycles. The molecule has 322 valence electrons. The van der Waals surface area contributed by atoms with Crippen molar-refractivity contribution in [2.75, 3.05) is 119 Å².